The van der Waals surface area contributed by atoms with E-state index in [0.717, 1.165) is 43.5 Å². The first-order chi connectivity index (χ1) is 10.1. The van der Waals surface area contributed by atoms with Crippen molar-refractivity contribution < 1.29 is 4.74 Å². The maximum Gasteiger partial charge on any atom is 0.122 e. The first kappa shape index (κ1) is 17.5. The number of hydrogen-bond donors (Lipinski definition) is 1. The lowest BCUT2D eigenvalue weighted by Crippen LogP contribution is -2.44. The van der Waals surface area contributed by atoms with E-state index in [9.17, 15) is 5.26 Å². The molecule has 0 bridgehead atoms. The van der Waals surface area contributed by atoms with E-state index in [1.54, 1.807) is 0 Å². The summed E-state index contributed by atoms with van der Waals surface area (Å²) in [6.45, 7) is 9.86. The van der Waals surface area contributed by atoms with E-state index >= 15 is 0 Å². The lowest BCUT2D eigenvalue weighted by molar-refractivity contribution is 0.275. The second kappa shape index (κ2) is 8.69. The van der Waals surface area contributed by atoms with E-state index in [2.05, 4.69) is 57.3 Å². The summed E-state index contributed by atoms with van der Waals surface area (Å²) in [4.78, 5) is 0. The standard InChI is InChI=1S/C18H28N2O/c1-5-11-20-18(6-2,14-19)10-7-12-21-17-13-15(3)8-9-16(17)4/h8-9,13,20H,5-7,10-12H2,1-4H3. The highest BCUT2D eigenvalue weighted by Gasteiger charge is 2.26. The molecule has 1 aromatic carbocycles. The van der Waals surface area contributed by atoms with Crippen LogP contribution in [-0.4, -0.2) is 18.7 Å². The van der Waals surface area contributed by atoms with E-state index in [-0.39, 0.29) is 0 Å². The summed E-state index contributed by atoms with van der Waals surface area (Å²) in [5.74, 6) is 0.954. The van der Waals surface area contributed by atoms with Gasteiger partial charge in [0, 0.05) is 0 Å². The van der Waals surface area contributed by atoms with E-state index in [1.807, 2.05) is 0 Å². The predicted octanol–water partition coefficient (Wildman–Crippen LogP) is 4.13. The Morgan fingerprint density at radius 3 is 2.67 bits per heavy atom. The minimum absolute atomic E-state index is 0.402. The van der Waals surface area contributed by atoms with Crippen LogP contribution < -0.4 is 10.1 Å². The van der Waals surface area contributed by atoms with Crippen molar-refractivity contribution in [2.24, 2.45) is 0 Å². The molecule has 0 spiro atoms. The highest BCUT2D eigenvalue weighted by atomic mass is 16.5. The van der Waals surface area contributed by atoms with Crippen molar-refractivity contribution in [2.45, 2.75) is 58.9 Å². The third-order valence-electron chi connectivity index (χ3n) is 3.88. The van der Waals surface area contributed by atoms with Crippen LogP contribution in [0.25, 0.3) is 0 Å². The van der Waals surface area contributed by atoms with Gasteiger partial charge in [-0.15, -0.1) is 0 Å². The third-order valence-corrected chi connectivity index (χ3v) is 3.88. The number of nitriles is 1. The monoisotopic (exact) mass is 288 g/mol. The predicted molar refractivity (Wildman–Crippen MR) is 87.6 cm³/mol. The number of nitrogens with one attached hydrogen (secondary N) is 1. The van der Waals surface area contributed by atoms with Gasteiger partial charge in [0.1, 0.15) is 11.3 Å². The summed E-state index contributed by atoms with van der Waals surface area (Å²) >= 11 is 0. The molecule has 0 heterocycles. The molecule has 0 aromatic heterocycles. The fourth-order valence-electron chi connectivity index (χ4n) is 2.35. The minimum atomic E-state index is -0.402. The van der Waals surface area contributed by atoms with Crippen LogP contribution in [-0.2, 0) is 0 Å². The molecule has 1 unspecified atom stereocenters. The van der Waals surface area contributed by atoms with Gasteiger partial charge in [-0.2, -0.15) is 5.26 Å². The molecule has 1 aromatic rings. The molecule has 1 N–H and O–H groups in total. The van der Waals surface area contributed by atoms with Crippen molar-refractivity contribution >= 4 is 0 Å². The molecule has 116 valence electrons. The van der Waals surface area contributed by atoms with Crippen LogP contribution in [0.3, 0.4) is 0 Å². The molecule has 0 fully saturated rings. The van der Waals surface area contributed by atoms with Crippen LogP contribution in [0.1, 0.15) is 50.7 Å². The summed E-state index contributed by atoms with van der Waals surface area (Å²) in [6, 6.07) is 8.70. The van der Waals surface area contributed by atoms with Crippen LogP contribution >= 0.6 is 0 Å². The minimum Gasteiger partial charge on any atom is -0.493 e. The number of aryl methyl sites for hydroxylation is 2. The topological polar surface area (TPSA) is 45.0 Å². The van der Waals surface area contributed by atoms with E-state index in [4.69, 9.17) is 4.74 Å². The Labute approximate surface area is 129 Å². The summed E-state index contributed by atoms with van der Waals surface area (Å²) in [5.41, 5.74) is 1.97. The van der Waals surface area contributed by atoms with Crippen molar-refractivity contribution in [3.8, 4) is 11.8 Å². The van der Waals surface area contributed by atoms with Crippen LogP contribution in [0.15, 0.2) is 18.2 Å². The fourth-order valence-corrected chi connectivity index (χ4v) is 2.35. The first-order valence-corrected chi connectivity index (χ1v) is 7.93. The molecule has 1 rings (SSSR count). The van der Waals surface area contributed by atoms with Gasteiger partial charge in [0.05, 0.1) is 12.7 Å². The van der Waals surface area contributed by atoms with E-state index in [0.29, 0.717) is 6.61 Å². The zero-order chi connectivity index (χ0) is 15.7. The molecule has 0 aliphatic carbocycles. The van der Waals surface area contributed by atoms with Gasteiger partial charge in [-0.1, -0.05) is 26.0 Å². The van der Waals surface area contributed by atoms with Crippen LogP contribution in [0.4, 0.5) is 0 Å². The number of hydrogen-bond acceptors (Lipinski definition) is 3. The molecule has 21 heavy (non-hydrogen) atoms. The maximum absolute atomic E-state index is 9.45. The molecule has 0 amide bonds. The van der Waals surface area contributed by atoms with Crippen molar-refractivity contribution in [3.63, 3.8) is 0 Å². The van der Waals surface area contributed by atoms with Crippen molar-refractivity contribution in [1.29, 1.82) is 5.26 Å². The molecule has 0 aliphatic rings. The maximum atomic E-state index is 9.45. The van der Waals surface area contributed by atoms with E-state index < -0.39 is 5.54 Å². The smallest absolute Gasteiger partial charge is 0.122 e. The highest BCUT2D eigenvalue weighted by Crippen LogP contribution is 2.21. The summed E-state index contributed by atoms with van der Waals surface area (Å²) in [6.07, 6.45) is 3.58. The molecule has 0 saturated heterocycles. The average molecular weight is 288 g/mol. The zero-order valence-electron chi connectivity index (χ0n) is 13.8. The van der Waals surface area contributed by atoms with Crippen LogP contribution in [0, 0.1) is 25.2 Å². The van der Waals surface area contributed by atoms with Gasteiger partial charge in [0.15, 0.2) is 0 Å². The van der Waals surface area contributed by atoms with E-state index in [1.165, 1.54) is 5.56 Å². The number of ether oxygens (including phenoxy) is 1. The van der Waals surface area contributed by atoms with Gasteiger partial charge in [-0.25, -0.2) is 0 Å². The number of rotatable bonds is 9. The van der Waals surface area contributed by atoms with Gasteiger partial charge in [0.25, 0.3) is 0 Å². The van der Waals surface area contributed by atoms with Crippen molar-refractivity contribution in [2.75, 3.05) is 13.2 Å². The quantitative estimate of drug-likeness (QED) is 0.695. The Morgan fingerprint density at radius 1 is 1.29 bits per heavy atom. The second-order valence-electron chi connectivity index (χ2n) is 5.70. The number of nitrogens with zero attached hydrogens (tertiary/aromatic N) is 1. The van der Waals surface area contributed by atoms with Gasteiger partial charge < -0.3 is 4.74 Å². The first-order valence-electron chi connectivity index (χ1n) is 7.93. The van der Waals surface area contributed by atoms with Crippen molar-refractivity contribution in [1.82, 2.24) is 5.32 Å². The normalized spacial score (nSPS) is 13.5. The van der Waals surface area contributed by atoms with Gasteiger partial charge in [-0.05, 0) is 63.3 Å². The Kier molecular flexibility index (Phi) is 7.25. The largest absolute Gasteiger partial charge is 0.493 e. The molecule has 0 radical (unpaired) electrons. The van der Waals surface area contributed by atoms with Crippen molar-refractivity contribution in [3.05, 3.63) is 29.3 Å². The molecule has 1 atom stereocenters. The lowest BCUT2D eigenvalue weighted by Gasteiger charge is -2.26. The molecule has 0 aliphatic heterocycles. The molecule has 0 saturated carbocycles. The van der Waals surface area contributed by atoms with Gasteiger partial charge >= 0.3 is 0 Å². The highest BCUT2D eigenvalue weighted by molar-refractivity contribution is 5.35. The van der Waals surface area contributed by atoms with Crippen LogP contribution in [0.2, 0.25) is 0 Å². The summed E-state index contributed by atoms with van der Waals surface area (Å²) in [5, 5.41) is 12.8. The molecular formula is C18H28N2O. The Bertz CT molecular complexity index is 479. The molecule has 3 nitrogen and oxygen atoms in total. The van der Waals surface area contributed by atoms with Gasteiger partial charge in [-0.3, -0.25) is 5.32 Å². The average Bonchev–Trinajstić information content (AvgIpc) is 2.50. The zero-order valence-corrected chi connectivity index (χ0v) is 13.8. The van der Waals surface area contributed by atoms with Crippen LogP contribution in [0.5, 0.6) is 5.75 Å². The lowest BCUT2D eigenvalue weighted by atomic mass is 9.92. The Balaban J connectivity index is 2.48. The molecule has 3 heteroatoms. The number of benzene rings is 1. The SMILES string of the molecule is CCCNC(C#N)(CC)CCCOc1cc(C)ccc1C. The summed E-state index contributed by atoms with van der Waals surface area (Å²) < 4.78 is 5.87. The Hall–Kier alpha value is -1.53. The third kappa shape index (κ3) is 5.40. The van der Waals surface area contributed by atoms with Gasteiger partial charge in [0.2, 0.25) is 0 Å². The molecular weight excluding hydrogens is 260 g/mol. The fraction of sp³-hybridized carbons (Fsp3) is 0.611. The summed E-state index contributed by atoms with van der Waals surface area (Å²) in [7, 11) is 0. The second-order valence-corrected chi connectivity index (χ2v) is 5.70. The Morgan fingerprint density at radius 2 is 2.05 bits per heavy atom.